The summed E-state index contributed by atoms with van der Waals surface area (Å²) in [7, 11) is 2.11. The first-order chi connectivity index (χ1) is 12.0. The number of benzene rings is 2. The lowest BCUT2D eigenvalue weighted by Crippen LogP contribution is -3.12. The number of hydrogen-bond acceptors (Lipinski definition) is 2. The molecule has 0 spiro atoms. The Labute approximate surface area is 146 Å². The van der Waals surface area contributed by atoms with E-state index in [1.54, 1.807) is 24.3 Å². The summed E-state index contributed by atoms with van der Waals surface area (Å²) in [5.74, 6) is -0.852. The zero-order chi connectivity index (χ0) is 17.8. The van der Waals surface area contributed by atoms with Gasteiger partial charge in [-0.15, -0.1) is 0 Å². The molecule has 25 heavy (non-hydrogen) atoms. The Hall–Kier alpha value is -2.73. The van der Waals surface area contributed by atoms with Crippen molar-refractivity contribution < 1.29 is 18.9 Å². The number of anilines is 1. The average Bonchev–Trinajstić information content (AvgIpc) is 2.63. The number of quaternary nitrogens is 1. The minimum Gasteiger partial charge on any atom is -0.334 e. The summed E-state index contributed by atoms with van der Waals surface area (Å²) in [6.45, 7) is 3.22. The fourth-order valence-electron chi connectivity index (χ4n) is 2.84. The minimum absolute atomic E-state index is 0.0810. The molecule has 1 fully saturated rings. The van der Waals surface area contributed by atoms with Gasteiger partial charge in [-0.25, -0.2) is 4.39 Å². The summed E-state index contributed by atoms with van der Waals surface area (Å²) in [6.07, 6.45) is 0. The van der Waals surface area contributed by atoms with Gasteiger partial charge in [-0.1, -0.05) is 12.1 Å². The van der Waals surface area contributed by atoms with Crippen LogP contribution in [0.3, 0.4) is 0 Å². The Kier molecular flexibility index (Phi) is 5.09. The Balaban J connectivity index is 1.77. The van der Waals surface area contributed by atoms with E-state index >= 15 is 0 Å². The zero-order valence-corrected chi connectivity index (χ0v) is 14.1. The van der Waals surface area contributed by atoms with Crippen LogP contribution in [0.25, 0.3) is 0 Å². The van der Waals surface area contributed by atoms with Crippen molar-refractivity contribution in [3.63, 3.8) is 0 Å². The highest BCUT2D eigenvalue weighted by Gasteiger charge is 2.24. The summed E-state index contributed by atoms with van der Waals surface area (Å²) in [6, 6.07) is 12.3. The van der Waals surface area contributed by atoms with Crippen LogP contribution >= 0.6 is 0 Å². The Morgan fingerprint density at radius 3 is 2.36 bits per heavy atom. The van der Waals surface area contributed by atoms with Crippen molar-refractivity contribution in [3.8, 4) is 0 Å². The van der Waals surface area contributed by atoms with Crippen LogP contribution in [0.15, 0.2) is 48.5 Å². The second-order valence-corrected chi connectivity index (χ2v) is 6.26. The molecule has 2 aromatic carbocycles. The first-order valence-corrected chi connectivity index (χ1v) is 8.31. The van der Waals surface area contributed by atoms with Gasteiger partial charge >= 0.3 is 0 Å². The monoisotopic (exact) mass is 342 g/mol. The molecule has 0 aromatic heterocycles. The number of halogens is 1. The molecule has 2 N–H and O–H groups in total. The number of likely N-dealkylation sites (N-methyl/N-ethyl adjacent to an activating group) is 1. The molecule has 2 aromatic rings. The van der Waals surface area contributed by atoms with E-state index in [1.807, 2.05) is 4.90 Å². The molecule has 2 amide bonds. The van der Waals surface area contributed by atoms with E-state index in [1.165, 1.54) is 29.2 Å². The number of piperazine rings is 1. The van der Waals surface area contributed by atoms with E-state index in [2.05, 4.69) is 12.4 Å². The summed E-state index contributed by atoms with van der Waals surface area (Å²) >= 11 is 0. The summed E-state index contributed by atoms with van der Waals surface area (Å²) in [5.41, 5.74) is 1.28. The SMILES string of the molecule is C[NH+]1CCN(C(=O)c2ccccc2NC(=O)c2ccc(F)cc2)CC1. The van der Waals surface area contributed by atoms with Gasteiger partial charge in [-0.3, -0.25) is 9.59 Å². The van der Waals surface area contributed by atoms with Crippen molar-refractivity contribution in [3.05, 3.63) is 65.5 Å². The highest BCUT2D eigenvalue weighted by atomic mass is 19.1. The van der Waals surface area contributed by atoms with Crippen molar-refractivity contribution >= 4 is 17.5 Å². The Morgan fingerprint density at radius 1 is 1.04 bits per heavy atom. The van der Waals surface area contributed by atoms with Gasteiger partial charge in [0.2, 0.25) is 0 Å². The van der Waals surface area contributed by atoms with E-state index in [-0.39, 0.29) is 11.8 Å². The van der Waals surface area contributed by atoms with E-state index < -0.39 is 5.82 Å². The maximum absolute atomic E-state index is 13.0. The normalized spacial score (nSPS) is 15.0. The molecule has 1 aliphatic rings. The molecule has 6 heteroatoms. The highest BCUT2D eigenvalue weighted by molar-refractivity contribution is 6.09. The standard InChI is InChI=1S/C19H20FN3O2/c1-22-10-12-23(13-11-22)19(25)16-4-2-3-5-17(16)21-18(24)14-6-8-15(20)9-7-14/h2-9H,10-13H2,1H3,(H,21,24)/p+1. The van der Waals surface area contributed by atoms with Gasteiger partial charge in [0.25, 0.3) is 11.8 Å². The third-order valence-electron chi connectivity index (χ3n) is 4.42. The fraction of sp³-hybridized carbons (Fsp3) is 0.263. The summed E-state index contributed by atoms with van der Waals surface area (Å²) in [4.78, 5) is 28.4. The van der Waals surface area contributed by atoms with E-state index in [9.17, 15) is 14.0 Å². The predicted octanol–water partition coefficient (Wildman–Crippen LogP) is 1.05. The predicted molar refractivity (Wildman–Crippen MR) is 93.3 cm³/mol. The van der Waals surface area contributed by atoms with Crippen molar-refractivity contribution in [2.24, 2.45) is 0 Å². The second kappa shape index (κ2) is 7.44. The summed E-state index contributed by atoms with van der Waals surface area (Å²) < 4.78 is 13.0. The highest BCUT2D eigenvalue weighted by Crippen LogP contribution is 2.18. The first-order valence-electron chi connectivity index (χ1n) is 8.31. The number of rotatable bonds is 3. The van der Waals surface area contributed by atoms with Gasteiger partial charge in [-0.2, -0.15) is 0 Å². The fourth-order valence-corrected chi connectivity index (χ4v) is 2.84. The molecular formula is C19H21FN3O2+. The summed E-state index contributed by atoms with van der Waals surface area (Å²) in [5, 5.41) is 2.76. The number of amides is 2. The molecule has 0 atom stereocenters. The maximum atomic E-state index is 13.0. The van der Waals surface area contributed by atoms with E-state index in [0.29, 0.717) is 29.9 Å². The molecule has 0 unspecified atom stereocenters. The third-order valence-corrected chi connectivity index (χ3v) is 4.42. The van der Waals surface area contributed by atoms with Crippen LogP contribution in [0.5, 0.6) is 0 Å². The van der Waals surface area contributed by atoms with Crippen LogP contribution in [-0.2, 0) is 0 Å². The number of carbonyl (C=O) groups is 2. The van der Waals surface area contributed by atoms with E-state index in [4.69, 9.17) is 0 Å². The van der Waals surface area contributed by atoms with Crippen molar-refractivity contribution in [1.29, 1.82) is 0 Å². The third kappa shape index (κ3) is 4.03. The maximum Gasteiger partial charge on any atom is 0.256 e. The van der Waals surface area contributed by atoms with E-state index in [0.717, 1.165) is 13.1 Å². The second-order valence-electron chi connectivity index (χ2n) is 6.26. The molecule has 1 saturated heterocycles. The first kappa shape index (κ1) is 17.1. The molecule has 0 saturated carbocycles. The molecule has 130 valence electrons. The lowest BCUT2D eigenvalue weighted by molar-refractivity contribution is -0.883. The molecule has 1 aliphatic heterocycles. The molecular weight excluding hydrogens is 321 g/mol. The van der Waals surface area contributed by atoms with Crippen LogP contribution < -0.4 is 10.2 Å². The number of hydrogen-bond donors (Lipinski definition) is 2. The van der Waals surface area contributed by atoms with Crippen molar-refractivity contribution in [1.82, 2.24) is 4.90 Å². The molecule has 0 bridgehead atoms. The minimum atomic E-state index is -0.399. The van der Waals surface area contributed by atoms with Crippen molar-refractivity contribution in [2.45, 2.75) is 0 Å². The number of carbonyl (C=O) groups excluding carboxylic acids is 2. The van der Waals surface area contributed by atoms with Crippen LogP contribution in [0, 0.1) is 5.82 Å². The van der Waals surface area contributed by atoms with Gasteiger partial charge < -0.3 is 15.1 Å². The van der Waals surface area contributed by atoms with Gasteiger partial charge in [-0.05, 0) is 36.4 Å². The zero-order valence-electron chi connectivity index (χ0n) is 14.1. The van der Waals surface area contributed by atoms with Crippen molar-refractivity contribution in [2.75, 3.05) is 38.5 Å². The lowest BCUT2D eigenvalue weighted by Gasteiger charge is -2.30. The number of nitrogens with one attached hydrogen (secondary N) is 2. The lowest BCUT2D eigenvalue weighted by atomic mass is 10.1. The Morgan fingerprint density at radius 2 is 1.68 bits per heavy atom. The van der Waals surface area contributed by atoms with Crippen LogP contribution in [0.1, 0.15) is 20.7 Å². The van der Waals surface area contributed by atoms with Gasteiger partial charge in [0.1, 0.15) is 5.82 Å². The van der Waals surface area contributed by atoms with Crippen LogP contribution in [0.2, 0.25) is 0 Å². The molecule has 1 heterocycles. The molecule has 5 nitrogen and oxygen atoms in total. The van der Waals surface area contributed by atoms with Gasteiger partial charge in [0.05, 0.1) is 44.5 Å². The van der Waals surface area contributed by atoms with Crippen LogP contribution in [-0.4, -0.2) is 49.9 Å². The molecule has 0 aliphatic carbocycles. The average molecular weight is 342 g/mol. The molecule has 3 rings (SSSR count). The van der Waals surface area contributed by atoms with Gasteiger partial charge in [0.15, 0.2) is 0 Å². The Bertz CT molecular complexity index is 768. The number of para-hydroxylation sites is 1. The number of nitrogens with zero attached hydrogens (tertiary/aromatic N) is 1. The largest absolute Gasteiger partial charge is 0.334 e. The smallest absolute Gasteiger partial charge is 0.256 e. The van der Waals surface area contributed by atoms with Gasteiger partial charge in [0, 0.05) is 5.56 Å². The molecule has 0 radical (unpaired) electrons. The topological polar surface area (TPSA) is 53.9 Å². The van der Waals surface area contributed by atoms with Crippen LogP contribution in [0.4, 0.5) is 10.1 Å². The quantitative estimate of drug-likeness (QED) is 0.876.